The van der Waals surface area contributed by atoms with Crippen LogP contribution in [-0.4, -0.2) is 23.5 Å². The van der Waals surface area contributed by atoms with Crippen molar-refractivity contribution >= 4 is 12.4 Å². The van der Waals surface area contributed by atoms with E-state index in [-0.39, 0.29) is 0 Å². The maximum Gasteiger partial charge on any atom is 0.408 e. The zero-order chi connectivity index (χ0) is 12.0. The van der Waals surface area contributed by atoms with Gasteiger partial charge in [-0.1, -0.05) is 0 Å². The van der Waals surface area contributed by atoms with Crippen molar-refractivity contribution in [3.8, 4) is 0 Å². The zero-order valence-corrected chi connectivity index (χ0v) is 10.1. The van der Waals surface area contributed by atoms with E-state index in [1.807, 2.05) is 20.8 Å². The van der Waals surface area contributed by atoms with Crippen LogP contribution in [-0.2, 0) is 9.53 Å². The van der Waals surface area contributed by atoms with Crippen molar-refractivity contribution in [1.29, 1.82) is 0 Å². The molecule has 2 aliphatic carbocycles. The molecule has 2 aliphatic rings. The first kappa shape index (κ1) is 11.4. The number of rotatable bonds is 2. The Morgan fingerprint density at radius 3 is 2.25 bits per heavy atom. The maximum atomic E-state index is 11.6. The first-order valence-electron chi connectivity index (χ1n) is 5.76. The number of alkyl carbamates (subject to hydrolysis) is 1. The fourth-order valence-electron chi connectivity index (χ4n) is 2.52. The molecule has 16 heavy (non-hydrogen) atoms. The highest BCUT2D eigenvalue weighted by atomic mass is 16.6. The van der Waals surface area contributed by atoms with Crippen molar-refractivity contribution in [2.24, 2.45) is 5.41 Å². The smallest absolute Gasteiger partial charge is 0.408 e. The van der Waals surface area contributed by atoms with Gasteiger partial charge in [-0.05, 0) is 51.9 Å². The molecular formula is C12H19NO3. The summed E-state index contributed by atoms with van der Waals surface area (Å²) in [4.78, 5) is 22.6. The summed E-state index contributed by atoms with van der Waals surface area (Å²) in [5, 5.41) is 2.70. The Kier molecular flexibility index (Phi) is 2.30. The van der Waals surface area contributed by atoms with E-state index in [1.165, 1.54) is 12.8 Å². The second-order valence-electron chi connectivity index (χ2n) is 6.25. The Hall–Kier alpha value is -1.06. The monoisotopic (exact) mass is 225 g/mol. The highest BCUT2D eigenvalue weighted by Crippen LogP contribution is 2.64. The summed E-state index contributed by atoms with van der Waals surface area (Å²) in [6.07, 6.45) is 4.32. The normalized spacial score (nSPS) is 24.4. The minimum Gasteiger partial charge on any atom is -0.444 e. The third-order valence-electron chi connectivity index (χ3n) is 3.31. The van der Waals surface area contributed by atoms with Gasteiger partial charge in [-0.15, -0.1) is 0 Å². The molecule has 0 radical (unpaired) electrons. The quantitative estimate of drug-likeness (QED) is 0.731. The minimum atomic E-state index is -0.654. The van der Waals surface area contributed by atoms with E-state index in [9.17, 15) is 9.59 Å². The fourth-order valence-corrected chi connectivity index (χ4v) is 2.52. The van der Waals surface area contributed by atoms with Gasteiger partial charge in [0.05, 0.1) is 5.54 Å². The van der Waals surface area contributed by atoms with E-state index in [4.69, 9.17) is 4.74 Å². The summed E-state index contributed by atoms with van der Waals surface area (Å²) in [7, 11) is 0. The lowest BCUT2D eigenvalue weighted by molar-refractivity contribution is -0.119. The van der Waals surface area contributed by atoms with Gasteiger partial charge in [0, 0.05) is 0 Å². The molecule has 0 atom stereocenters. The molecular weight excluding hydrogens is 206 g/mol. The number of hydrogen-bond donors (Lipinski definition) is 1. The summed E-state index contributed by atoms with van der Waals surface area (Å²) in [5.41, 5.74) is -0.802. The number of amides is 1. The zero-order valence-electron chi connectivity index (χ0n) is 10.1. The lowest BCUT2D eigenvalue weighted by atomic mass is 9.66. The molecule has 0 aromatic heterocycles. The molecule has 90 valence electrons. The molecule has 4 heteroatoms. The highest BCUT2D eigenvalue weighted by Gasteiger charge is 2.61. The number of carbonyl (C=O) groups excluding carboxylic acids is 2. The van der Waals surface area contributed by atoms with Crippen molar-refractivity contribution in [3.05, 3.63) is 0 Å². The second-order valence-corrected chi connectivity index (χ2v) is 6.25. The SMILES string of the molecule is CC(C)(C)OC(=O)NC1(C=O)CC2(CC2)C1. The summed E-state index contributed by atoms with van der Waals surface area (Å²) in [5.74, 6) is 0. The van der Waals surface area contributed by atoms with Crippen molar-refractivity contribution in [3.63, 3.8) is 0 Å². The second kappa shape index (κ2) is 3.22. The largest absolute Gasteiger partial charge is 0.444 e. The van der Waals surface area contributed by atoms with Crippen molar-refractivity contribution in [1.82, 2.24) is 5.32 Å². The van der Waals surface area contributed by atoms with E-state index in [2.05, 4.69) is 5.32 Å². The summed E-state index contributed by atoms with van der Waals surface area (Å²) in [6.45, 7) is 5.43. The van der Waals surface area contributed by atoms with Gasteiger partial charge in [-0.2, -0.15) is 0 Å². The number of ether oxygens (including phenoxy) is 1. The molecule has 0 aromatic carbocycles. The Morgan fingerprint density at radius 1 is 1.31 bits per heavy atom. The van der Waals surface area contributed by atoms with Crippen molar-refractivity contribution < 1.29 is 14.3 Å². The van der Waals surface area contributed by atoms with E-state index in [0.29, 0.717) is 5.41 Å². The molecule has 1 N–H and O–H groups in total. The molecule has 0 unspecified atom stereocenters. The van der Waals surface area contributed by atoms with Crippen LogP contribution in [0.3, 0.4) is 0 Å². The van der Waals surface area contributed by atoms with E-state index in [0.717, 1.165) is 19.1 Å². The molecule has 0 heterocycles. The Balaban J connectivity index is 1.88. The molecule has 2 rings (SSSR count). The Labute approximate surface area is 95.7 Å². The van der Waals surface area contributed by atoms with Crippen LogP contribution in [0.15, 0.2) is 0 Å². The van der Waals surface area contributed by atoms with Crippen LogP contribution in [0, 0.1) is 5.41 Å². The van der Waals surface area contributed by atoms with Gasteiger partial charge in [0.2, 0.25) is 0 Å². The fraction of sp³-hybridized carbons (Fsp3) is 0.833. The van der Waals surface area contributed by atoms with Gasteiger partial charge >= 0.3 is 6.09 Å². The number of carbonyl (C=O) groups is 2. The van der Waals surface area contributed by atoms with Crippen LogP contribution in [0.4, 0.5) is 4.79 Å². The predicted molar refractivity (Wildman–Crippen MR) is 59.1 cm³/mol. The lowest BCUT2D eigenvalue weighted by Crippen LogP contribution is -2.60. The summed E-state index contributed by atoms with van der Waals surface area (Å²) in [6, 6.07) is 0. The molecule has 2 fully saturated rings. The van der Waals surface area contributed by atoms with Crippen LogP contribution in [0.25, 0.3) is 0 Å². The summed E-state index contributed by atoms with van der Waals surface area (Å²) >= 11 is 0. The average molecular weight is 225 g/mol. The van der Waals surface area contributed by atoms with Crippen LogP contribution in [0.1, 0.15) is 46.5 Å². The highest BCUT2D eigenvalue weighted by molar-refractivity contribution is 5.78. The molecule has 0 bridgehead atoms. The number of aldehydes is 1. The Morgan fingerprint density at radius 2 is 1.88 bits per heavy atom. The van der Waals surface area contributed by atoms with Crippen LogP contribution >= 0.6 is 0 Å². The average Bonchev–Trinajstić information content (AvgIpc) is 2.79. The van der Waals surface area contributed by atoms with Gasteiger partial charge in [0.1, 0.15) is 11.9 Å². The van der Waals surface area contributed by atoms with Gasteiger partial charge in [0.25, 0.3) is 0 Å². The van der Waals surface area contributed by atoms with E-state index < -0.39 is 17.2 Å². The Bertz CT molecular complexity index is 318. The molecule has 0 aliphatic heterocycles. The first-order valence-corrected chi connectivity index (χ1v) is 5.76. The molecule has 0 aromatic rings. The molecule has 2 saturated carbocycles. The van der Waals surface area contributed by atoms with Crippen molar-refractivity contribution in [2.75, 3.05) is 0 Å². The van der Waals surface area contributed by atoms with Crippen LogP contribution < -0.4 is 5.32 Å². The molecule has 4 nitrogen and oxygen atoms in total. The summed E-state index contributed by atoms with van der Waals surface area (Å²) < 4.78 is 5.15. The van der Waals surface area contributed by atoms with Gasteiger partial charge in [0.15, 0.2) is 0 Å². The van der Waals surface area contributed by atoms with Gasteiger partial charge < -0.3 is 14.8 Å². The lowest BCUT2D eigenvalue weighted by Gasteiger charge is -2.44. The van der Waals surface area contributed by atoms with Crippen LogP contribution in [0.5, 0.6) is 0 Å². The molecule has 0 saturated heterocycles. The number of hydrogen-bond acceptors (Lipinski definition) is 3. The minimum absolute atomic E-state index is 0.371. The van der Waals surface area contributed by atoms with Crippen LogP contribution in [0.2, 0.25) is 0 Å². The standard InChI is InChI=1S/C12H19NO3/c1-10(2,3)16-9(15)13-12(8-14)6-11(7-12)4-5-11/h8H,4-7H2,1-3H3,(H,13,15). The molecule has 1 spiro atoms. The maximum absolute atomic E-state index is 11.6. The topological polar surface area (TPSA) is 55.4 Å². The number of nitrogens with one attached hydrogen (secondary N) is 1. The molecule has 1 amide bonds. The first-order chi connectivity index (χ1) is 7.28. The predicted octanol–water partition coefficient (Wildman–Crippen LogP) is 2.02. The third kappa shape index (κ3) is 2.20. The van der Waals surface area contributed by atoms with Gasteiger partial charge in [-0.25, -0.2) is 4.79 Å². The third-order valence-corrected chi connectivity index (χ3v) is 3.31. The van der Waals surface area contributed by atoms with E-state index in [1.54, 1.807) is 0 Å². The van der Waals surface area contributed by atoms with Gasteiger partial charge in [-0.3, -0.25) is 0 Å². The van der Waals surface area contributed by atoms with Crippen molar-refractivity contribution in [2.45, 2.75) is 57.6 Å². The van der Waals surface area contributed by atoms with E-state index >= 15 is 0 Å².